The summed E-state index contributed by atoms with van der Waals surface area (Å²) in [6, 6.07) is 11.2. The number of Topliss-reactive ketones (excluding diaryl/α,β-unsaturated/α-hetero) is 1. The van der Waals surface area contributed by atoms with Crippen LogP contribution >= 0.6 is 0 Å². The van der Waals surface area contributed by atoms with Crippen molar-refractivity contribution >= 4 is 11.5 Å². The van der Waals surface area contributed by atoms with E-state index in [0.717, 1.165) is 86.1 Å². The summed E-state index contributed by atoms with van der Waals surface area (Å²) >= 11 is 0. The highest BCUT2D eigenvalue weighted by Crippen LogP contribution is 2.48. The maximum atomic E-state index is 14.7. The average Bonchev–Trinajstić information content (AvgIpc) is 3.76. The lowest BCUT2D eigenvalue weighted by atomic mass is 9.75. The van der Waals surface area contributed by atoms with Gasteiger partial charge in [-0.25, -0.2) is 4.99 Å². The molecule has 2 aromatic carbocycles. The second-order valence-electron chi connectivity index (χ2n) is 14.8. The summed E-state index contributed by atoms with van der Waals surface area (Å²) < 4.78 is 5.84. The third-order valence-corrected chi connectivity index (χ3v) is 10.2. The standard InChI is InChI=1S/C41H48NO2/c1-25(2)11-13-31-20-36-29(22-38(31)44-7)15-16-32-19-34(36)21-37(30-14-12-26(3)27(4)17-30)42-39(32)40(43)33-10-8-9-28-18-35(28)24-41(5,6)23-33/h12,14,17-18,20,22,25,33-34H,8-10,15-16,19,21,23-24H2,1-7H3. The Hall–Kier alpha value is -3.38. The lowest BCUT2D eigenvalue weighted by Gasteiger charge is -2.29. The van der Waals surface area contributed by atoms with Gasteiger partial charge in [-0.1, -0.05) is 62.8 Å². The van der Waals surface area contributed by atoms with Crippen molar-refractivity contribution in [3.63, 3.8) is 0 Å². The molecule has 2 aromatic rings. The summed E-state index contributed by atoms with van der Waals surface area (Å²) in [6.45, 7) is 13.2. The largest absolute Gasteiger partial charge is 0.495 e. The number of methoxy groups -OCH3 is 1. The topological polar surface area (TPSA) is 38.7 Å². The summed E-state index contributed by atoms with van der Waals surface area (Å²) in [5.41, 5.74) is 13.5. The van der Waals surface area contributed by atoms with Crippen molar-refractivity contribution in [3.05, 3.63) is 92.5 Å². The van der Waals surface area contributed by atoms with E-state index in [1.165, 1.54) is 39.0 Å². The van der Waals surface area contributed by atoms with Crippen LogP contribution in [0.3, 0.4) is 0 Å². The third kappa shape index (κ3) is 6.51. The molecule has 44 heavy (non-hydrogen) atoms. The zero-order valence-electron chi connectivity index (χ0n) is 27.8. The van der Waals surface area contributed by atoms with E-state index in [0.29, 0.717) is 0 Å². The number of allylic oxidation sites excluding steroid dienone is 4. The number of hydrogen-bond donors (Lipinski definition) is 0. The Labute approximate surface area is 265 Å². The first-order chi connectivity index (χ1) is 21.0. The first-order valence-corrected chi connectivity index (χ1v) is 16.7. The van der Waals surface area contributed by atoms with Crippen LogP contribution in [0.1, 0.15) is 118 Å². The van der Waals surface area contributed by atoms with Gasteiger partial charge in [-0.05, 0) is 135 Å². The van der Waals surface area contributed by atoms with Crippen molar-refractivity contribution in [1.82, 2.24) is 0 Å². The second-order valence-corrected chi connectivity index (χ2v) is 14.8. The predicted octanol–water partition coefficient (Wildman–Crippen LogP) is 9.58. The molecule has 0 fully saturated rings. The zero-order valence-corrected chi connectivity index (χ0v) is 27.8. The van der Waals surface area contributed by atoms with Gasteiger partial charge in [0.15, 0.2) is 5.78 Å². The van der Waals surface area contributed by atoms with Crippen molar-refractivity contribution < 1.29 is 9.53 Å². The maximum absolute atomic E-state index is 14.7. The van der Waals surface area contributed by atoms with Crippen molar-refractivity contribution in [1.29, 1.82) is 0 Å². The van der Waals surface area contributed by atoms with Crippen molar-refractivity contribution in [2.75, 3.05) is 7.11 Å². The van der Waals surface area contributed by atoms with Crippen LogP contribution < -0.4 is 4.74 Å². The van der Waals surface area contributed by atoms with Crippen molar-refractivity contribution in [2.24, 2.45) is 22.2 Å². The molecule has 6 rings (SSSR count). The van der Waals surface area contributed by atoms with Gasteiger partial charge >= 0.3 is 0 Å². The average molecular weight is 587 g/mol. The molecule has 0 saturated heterocycles. The van der Waals surface area contributed by atoms with Gasteiger partial charge in [-0.15, -0.1) is 0 Å². The molecule has 1 heterocycles. The van der Waals surface area contributed by atoms with Gasteiger partial charge in [0.2, 0.25) is 0 Å². The van der Waals surface area contributed by atoms with E-state index < -0.39 is 0 Å². The Morgan fingerprint density at radius 1 is 1.02 bits per heavy atom. The quantitative estimate of drug-likeness (QED) is 0.335. The fourth-order valence-electron chi connectivity index (χ4n) is 7.63. The number of rotatable bonds is 4. The number of ketones is 1. The zero-order chi connectivity index (χ0) is 31.2. The number of carbonyl (C=O) groups is 1. The second kappa shape index (κ2) is 12.2. The van der Waals surface area contributed by atoms with Crippen LogP contribution in [0.25, 0.3) is 0 Å². The van der Waals surface area contributed by atoms with Gasteiger partial charge in [0, 0.05) is 24.0 Å². The molecule has 1 radical (unpaired) electrons. The minimum absolute atomic E-state index is 0.0103. The Morgan fingerprint density at radius 2 is 1.84 bits per heavy atom. The molecule has 0 N–H and O–H groups in total. The highest BCUT2D eigenvalue weighted by atomic mass is 16.5. The molecule has 4 aliphatic rings. The summed E-state index contributed by atoms with van der Waals surface area (Å²) in [5.74, 6) is 8.40. The van der Waals surface area contributed by atoms with Crippen LogP contribution in [0.4, 0.5) is 0 Å². The van der Waals surface area contributed by atoms with Gasteiger partial charge in [0.1, 0.15) is 11.4 Å². The molecule has 1 aliphatic heterocycles. The van der Waals surface area contributed by atoms with Crippen molar-refractivity contribution in [3.8, 4) is 17.6 Å². The van der Waals surface area contributed by atoms with Gasteiger partial charge in [-0.2, -0.15) is 0 Å². The predicted molar refractivity (Wildman–Crippen MR) is 181 cm³/mol. The molecule has 2 unspecified atom stereocenters. The number of nitrogens with zero attached hydrogens (tertiary/aromatic N) is 1. The maximum Gasteiger partial charge on any atom is 0.184 e. The smallest absolute Gasteiger partial charge is 0.184 e. The first kappa shape index (κ1) is 30.6. The van der Waals surface area contributed by atoms with Crippen LogP contribution in [0.15, 0.2) is 57.7 Å². The highest BCUT2D eigenvalue weighted by molar-refractivity contribution is 6.07. The van der Waals surface area contributed by atoms with Gasteiger partial charge < -0.3 is 4.74 Å². The lowest BCUT2D eigenvalue weighted by Crippen LogP contribution is -2.25. The molecule has 3 nitrogen and oxygen atoms in total. The SMILES string of the molecule is COc1cc2c(cc1C#CC(C)C)C1CC(c3ccc(C)c(C)c3)=NC(C(=O)C3CCCC4=C([CH]4)CC(C)(C)C3)=C(CC2)C1. The molecule has 3 aliphatic carbocycles. The summed E-state index contributed by atoms with van der Waals surface area (Å²) in [4.78, 5) is 20.1. The Kier molecular flexibility index (Phi) is 8.49. The molecule has 0 spiro atoms. The lowest BCUT2D eigenvalue weighted by molar-refractivity contribution is -0.120. The summed E-state index contributed by atoms with van der Waals surface area (Å²) in [6.07, 6.45) is 10.9. The van der Waals surface area contributed by atoms with E-state index >= 15 is 0 Å². The minimum Gasteiger partial charge on any atom is -0.495 e. The van der Waals surface area contributed by atoms with Crippen molar-refractivity contribution in [2.45, 2.75) is 105 Å². The van der Waals surface area contributed by atoms with Crippen LogP contribution in [0.5, 0.6) is 5.75 Å². The minimum atomic E-state index is 0.0103. The van der Waals surface area contributed by atoms with E-state index in [4.69, 9.17) is 9.73 Å². The molecule has 0 amide bonds. The number of carbonyl (C=O) groups excluding carboxylic acids is 1. The monoisotopic (exact) mass is 586 g/mol. The summed E-state index contributed by atoms with van der Waals surface area (Å²) in [7, 11) is 1.74. The molecule has 0 aromatic heterocycles. The number of fused-ring (bicyclic) bond motifs is 4. The van der Waals surface area contributed by atoms with E-state index in [2.05, 4.69) is 90.1 Å². The normalized spacial score (nSPS) is 22.7. The summed E-state index contributed by atoms with van der Waals surface area (Å²) in [5, 5.41) is 0. The number of aryl methyl sites for hydroxylation is 3. The van der Waals surface area contributed by atoms with E-state index in [-0.39, 0.29) is 29.0 Å². The first-order valence-electron chi connectivity index (χ1n) is 16.7. The number of aliphatic imine (C=N–C) groups is 1. The number of ether oxygens (including phenoxy) is 1. The molecular weight excluding hydrogens is 538 g/mol. The Bertz CT molecular complexity index is 1650. The van der Waals surface area contributed by atoms with Crippen LogP contribution in [-0.2, 0) is 11.2 Å². The van der Waals surface area contributed by atoms with Crippen LogP contribution in [0.2, 0.25) is 0 Å². The number of benzene rings is 2. The highest BCUT2D eigenvalue weighted by Gasteiger charge is 2.38. The van der Waals surface area contributed by atoms with Gasteiger partial charge in [-0.3, -0.25) is 4.79 Å². The van der Waals surface area contributed by atoms with E-state index in [9.17, 15) is 4.79 Å². The Balaban J connectivity index is 1.44. The molecular formula is C41H48NO2. The van der Waals surface area contributed by atoms with Crippen LogP contribution in [0, 0.1) is 49.4 Å². The van der Waals surface area contributed by atoms with E-state index in [1.807, 2.05) is 0 Å². The van der Waals surface area contributed by atoms with E-state index in [1.54, 1.807) is 7.11 Å². The third-order valence-electron chi connectivity index (χ3n) is 10.2. The van der Waals surface area contributed by atoms with Gasteiger partial charge in [0.25, 0.3) is 0 Å². The Morgan fingerprint density at radius 3 is 2.59 bits per heavy atom. The van der Waals surface area contributed by atoms with Crippen LogP contribution in [-0.4, -0.2) is 18.6 Å². The molecule has 2 atom stereocenters. The number of hydrogen-bond acceptors (Lipinski definition) is 3. The fraction of sp³-hybridized carbons (Fsp3) is 0.488. The molecule has 229 valence electrons. The molecule has 2 bridgehead atoms. The molecule has 3 heteroatoms. The van der Waals surface area contributed by atoms with Gasteiger partial charge in [0.05, 0.1) is 12.7 Å². The fourth-order valence-corrected chi connectivity index (χ4v) is 7.63. The molecule has 0 saturated carbocycles.